The fraction of sp³-hybridized carbons (Fsp3) is 0.478. The Hall–Kier alpha value is -0.831. The number of nitrogens with two attached hydrogens (primary N) is 1. The van der Waals surface area contributed by atoms with Crippen LogP contribution in [0.25, 0.3) is 0 Å². The fourth-order valence-electron chi connectivity index (χ4n) is 5.36. The van der Waals surface area contributed by atoms with Gasteiger partial charge >= 0.3 is 0 Å². The summed E-state index contributed by atoms with van der Waals surface area (Å²) in [6, 6.07) is 5.88. The predicted octanol–water partition coefficient (Wildman–Crippen LogP) is -2.14. The van der Waals surface area contributed by atoms with E-state index < -0.39 is 10.8 Å². The van der Waals surface area contributed by atoms with Crippen molar-refractivity contribution in [1.82, 2.24) is 4.90 Å². The first kappa shape index (κ1) is 27.8. The van der Waals surface area contributed by atoms with Crippen LogP contribution in [0.5, 0.6) is 0 Å². The summed E-state index contributed by atoms with van der Waals surface area (Å²) in [5.41, 5.74) is 9.79. The molecule has 0 unspecified atom stereocenters. The van der Waals surface area contributed by atoms with E-state index in [4.69, 9.17) is 80.1 Å². The molecule has 1 aliphatic rings. The first-order chi connectivity index (χ1) is 15.7. The van der Waals surface area contributed by atoms with Crippen molar-refractivity contribution in [3.05, 3.63) is 39.9 Å². The van der Waals surface area contributed by atoms with Crippen molar-refractivity contribution in [2.45, 2.75) is 55.7 Å². The third-order valence-electron chi connectivity index (χ3n) is 7.13. The summed E-state index contributed by atoms with van der Waals surface area (Å²) in [4.78, 5) is 1.84. The van der Waals surface area contributed by atoms with E-state index in [1.165, 1.54) is 0 Å². The minimum atomic E-state index is -1.48. The van der Waals surface area contributed by atoms with Crippen LogP contribution < -0.4 is 33.0 Å². The maximum atomic E-state index is 6.40. The normalized spacial score (nSPS) is 18.4. The molecule has 156 valence electrons. The Kier molecular flexibility index (Phi) is 8.38. The zero-order valence-electron chi connectivity index (χ0n) is 19.9. The van der Waals surface area contributed by atoms with Crippen LogP contribution in [0.15, 0.2) is 18.2 Å². The van der Waals surface area contributed by atoms with Crippen LogP contribution in [0.4, 0.5) is 0 Å². The van der Waals surface area contributed by atoms with Gasteiger partial charge in [0, 0.05) is 29.6 Å². The van der Waals surface area contributed by atoms with E-state index in [0.717, 1.165) is 30.4 Å². The van der Waals surface area contributed by atoms with Crippen molar-refractivity contribution in [2.24, 2.45) is 5.73 Å². The maximum absolute atomic E-state index is 6.40. The van der Waals surface area contributed by atoms with Crippen LogP contribution in [0, 0.1) is 0 Å². The monoisotopic (exact) mass is 450 g/mol. The van der Waals surface area contributed by atoms with Crippen LogP contribution in [0.1, 0.15) is 61.6 Å². The quantitative estimate of drug-likeness (QED) is 0.467. The van der Waals surface area contributed by atoms with Gasteiger partial charge in [-0.1, -0.05) is 28.5 Å². The molecule has 0 bridgehead atoms. The molecular formula is C23H23B8ClN2. The molecule has 34 heavy (non-hydrogen) atoms. The van der Waals surface area contributed by atoms with Gasteiger partial charge in [-0.25, -0.2) is 0 Å². The van der Waals surface area contributed by atoms with Gasteiger partial charge in [-0.05, 0) is 62.3 Å². The lowest BCUT2D eigenvalue weighted by Crippen LogP contribution is -2.61. The number of fused-ring (bicyclic) bond motifs is 1. The Balaban J connectivity index is 1.97. The van der Waals surface area contributed by atoms with Crippen molar-refractivity contribution < 1.29 is 0 Å². The summed E-state index contributed by atoms with van der Waals surface area (Å²) in [7, 11) is 49.3. The maximum Gasteiger partial charge on any atom is 0.113 e. The molecule has 1 aliphatic carbocycles. The fourth-order valence-corrected chi connectivity index (χ4v) is 5.54. The molecule has 2 N–H and O–H groups in total. The van der Waals surface area contributed by atoms with Crippen LogP contribution >= 0.6 is 11.6 Å². The summed E-state index contributed by atoms with van der Waals surface area (Å²) >= 11 is 6.38. The summed E-state index contributed by atoms with van der Waals surface area (Å²) in [5.74, 6) is 0.0857. The lowest BCUT2D eigenvalue weighted by Gasteiger charge is -2.49. The summed E-state index contributed by atoms with van der Waals surface area (Å²) in [6.45, 7) is 4.99. The molecule has 11 heteroatoms. The molecule has 0 heterocycles. The minimum absolute atomic E-state index is 0.0941. The molecule has 0 amide bonds. The molecule has 16 radical (unpaired) electrons. The highest BCUT2D eigenvalue weighted by Gasteiger charge is 2.37. The van der Waals surface area contributed by atoms with Crippen molar-refractivity contribution in [3.8, 4) is 0 Å². The number of hydrogen-bond acceptors (Lipinski definition) is 2. The highest BCUT2D eigenvalue weighted by molar-refractivity contribution is 6.67. The van der Waals surface area contributed by atoms with E-state index in [0.29, 0.717) is 34.6 Å². The molecule has 2 nitrogen and oxygen atoms in total. The van der Waals surface area contributed by atoms with Crippen molar-refractivity contribution >= 4 is 102 Å². The van der Waals surface area contributed by atoms with Gasteiger partial charge in [0.15, 0.2) is 0 Å². The zero-order valence-corrected chi connectivity index (χ0v) is 20.7. The van der Waals surface area contributed by atoms with Crippen LogP contribution in [0.3, 0.4) is 0 Å². The molecule has 0 spiro atoms. The molecule has 0 saturated carbocycles. The molecule has 0 aliphatic heterocycles. The number of hydrogen-bond donors (Lipinski definition) is 1. The van der Waals surface area contributed by atoms with Crippen molar-refractivity contribution in [1.29, 1.82) is 0 Å². The Morgan fingerprint density at radius 1 is 0.941 bits per heavy atom. The first-order valence-electron chi connectivity index (χ1n) is 11.4. The Morgan fingerprint density at radius 2 is 1.50 bits per heavy atom. The van der Waals surface area contributed by atoms with Gasteiger partial charge in [0.05, 0.1) is 23.5 Å². The van der Waals surface area contributed by atoms with E-state index in [2.05, 4.69) is 13.8 Å². The second-order valence-corrected chi connectivity index (χ2v) is 10.4. The van der Waals surface area contributed by atoms with Gasteiger partial charge in [0.25, 0.3) is 0 Å². The molecule has 2 aromatic carbocycles. The Labute approximate surface area is 220 Å². The van der Waals surface area contributed by atoms with E-state index in [9.17, 15) is 0 Å². The van der Waals surface area contributed by atoms with Gasteiger partial charge in [-0.3, -0.25) is 0 Å². The van der Waals surface area contributed by atoms with Crippen molar-refractivity contribution in [3.63, 3.8) is 0 Å². The Morgan fingerprint density at radius 3 is 2.03 bits per heavy atom. The second kappa shape index (κ2) is 10.3. The van der Waals surface area contributed by atoms with E-state index in [1.807, 2.05) is 23.1 Å². The van der Waals surface area contributed by atoms with Gasteiger partial charge in [0.1, 0.15) is 39.2 Å². The lowest BCUT2D eigenvalue weighted by molar-refractivity contribution is 0.106. The van der Waals surface area contributed by atoms with Crippen LogP contribution in [0.2, 0.25) is 5.02 Å². The molecule has 3 rings (SSSR count). The number of halogens is 1. The second-order valence-electron chi connectivity index (χ2n) is 9.92. The topological polar surface area (TPSA) is 29.3 Å². The van der Waals surface area contributed by atoms with Crippen LogP contribution in [-0.2, 0) is 0 Å². The van der Waals surface area contributed by atoms with Gasteiger partial charge in [0.2, 0.25) is 0 Å². The summed E-state index contributed by atoms with van der Waals surface area (Å²) in [6.07, 6.45) is 2.35. The van der Waals surface area contributed by atoms with E-state index in [-0.39, 0.29) is 28.2 Å². The molecule has 2 atom stereocenters. The highest BCUT2D eigenvalue weighted by Crippen LogP contribution is 2.48. The molecule has 0 saturated heterocycles. The molecular weight excluding hydrogens is 426 g/mol. The third-order valence-corrected chi connectivity index (χ3v) is 7.36. The number of benzene rings is 2. The zero-order chi connectivity index (χ0) is 25.6. The smallest absolute Gasteiger partial charge is 0.113 e. The molecule has 0 fully saturated rings. The highest BCUT2D eigenvalue weighted by atomic mass is 35.5. The van der Waals surface area contributed by atoms with Gasteiger partial charge in [-0.15, -0.1) is 27.3 Å². The van der Waals surface area contributed by atoms with Gasteiger partial charge < -0.3 is 10.6 Å². The average molecular weight is 449 g/mol. The average Bonchev–Trinajstić information content (AvgIpc) is 3.10. The SMILES string of the molecule is [B]c1c([B])c([B])c([C@@H]2C[C@@H](CCC(C)(C)N(CCN)C([B])([B])[B])c3cc(Cl)ccc32)c([B])c1[B]. The minimum Gasteiger partial charge on any atom is -0.329 e. The number of rotatable bonds is 8. The summed E-state index contributed by atoms with van der Waals surface area (Å²) in [5, 5.41) is -0.819. The van der Waals surface area contributed by atoms with E-state index >= 15 is 0 Å². The van der Waals surface area contributed by atoms with Crippen LogP contribution in [-0.4, -0.2) is 91.5 Å². The standard InChI is InChI=1S/C23H23B8ClN2/c1-22(2,34(8-7-33)23(29,30)31)6-5-11-9-15(13-4-3-12(32)10-14(11)13)16-17(24)19(26)21(28)20(27)18(16)25/h3-4,10-11,15H,5-9,33H2,1-2H3/t11-,15-/m1/s1. The molecule has 0 aromatic heterocycles. The van der Waals surface area contributed by atoms with Crippen molar-refractivity contribution in [2.75, 3.05) is 13.1 Å². The van der Waals surface area contributed by atoms with Gasteiger partial charge in [-0.2, -0.15) is 0 Å². The number of nitrogens with zero attached hydrogens (tertiary/aromatic N) is 1. The Bertz CT molecular complexity index is 1040. The largest absolute Gasteiger partial charge is 0.329 e. The predicted molar refractivity (Wildman–Crippen MR) is 153 cm³/mol. The van der Waals surface area contributed by atoms with E-state index in [1.54, 1.807) is 0 Å². The summed E-state index contributed by atoms with van der Waals surface area (Å²) < 4.78 is 0. The lowest BCUT2D eigenvalue weighted by atomic mass is 9.47. The third kappa shape index (κ3) is 5.30. The molecule has 2 aromatic rings. The first-order valence-corrected chi connectivity index (χ1v) is 11.7.